The summed E-state index contributed by atoms with van der Waals surface area (Å²) in [4.78, 5) is 12.7. The van der Waals surface area contributed by atoms with Crippen molar-refractivity contribution in [2.75, 3.05) is 18.4 Å². The van der Waals surface area contributed by atoms with Crippen LogP contribution < -0.4 is 10.1 Å². The summed E-state index contributed by atoms with van der Waals surface area (Å²) in [6.07, 6.45) is 2.83. The minimum Gasteiger partial charge on any atom is -0.480 e. The zero-order valence-electron chi connectivity index (χ0n) is 14.9. The molecule has 6 nitrogen and oxygen atoms in total. The second kappa shape index (κ2) is 7.32. The molecular formula is C20H22N2O4S. The van der Waals surface area contributed by atoms with Gasteiger partial charge in [0, 0.05) is 25.2 Å². The number of nitrogens with zero attached hydrogens (tertiary/aromatic N) is 1. The second-order valence-electron chi connectivity index (χ2n) is 6.90. The number of fused-ring (bicyclic) bond motifs is 1. The molecule has 142 valence electrons. The van der Waals surface area contributed by atoms with E-state index in [4.69, 9.17) is 4.74 Å². The molecule has 1 N–H and O–H groups in total. The van der Waals surface area contributed by atoms with Crippen LogP contribution in [0.25, 0.3) is 0 Å². The lowest BCUT2D eigenvalue weighted by molar-refractivity contribution is -0.122. The molecule has 2 heterocycles. The minimum absolute atomic E-state index is 0.238. The van der Waals surface area contributed by atoms with Gasteiger partial charge in [0.15, 0.2) is 6.10 Å². The van der Waals surface area contributed by atoms with Gasteiger partial charge in [0.25, 0.3) is 5.91 Å². The maximum absolute atomic E-state index is 12.7. The highest BCUT2D eigenvalue weighted by Gasteiger charge is 2.29. The Kier molecular flexibility index (Phi) is 4.88. The molecule has 2 aromatic carbocycles. The maximum atomic E-state index is 12.7. The first-order chi connectivity index (χ1) is 13.0. The van der Waals surface area contributed by atoms with Crippen molar-refractivity contribution >= 4 is 21.6 Å². The monoisotopic (exact) mass is 386 g/mol. The minimum atomic E-state index is -3.46. The van der Waals surface area contributed by atoms with Gasteiger partial charge in [-0.15, -0.1) is 0 Å². The van der Waals surface area contributed by atoms with Crippen LogP contribution in [0.5, 0.6) is 5.75 Å². The zero-order valence-corrected chi connectivity index (χ0v) is 15.7. The van der Waals surface area contributed by atoms with Gasteiger partial charge in [-0.3, -0.25) is 4.79 Å². The van der Waals surface area contributed by atoms with Crippen molar-refractivity contribution < 1.29 is 17.9 Å². The van der Waals surface area contributed by atoms with E-state index < -0.39 is 16.1 Å². The predicted octanol–water partition coefficient (Wildman–Crippen LogP) is 2.80. The quantitative estimate of drug-likeness (QED) is 0.877. The number of benzene rings is 2. The third-order valence-electron chi connectivity index (χ3n) is 5.01. The highest BCUT2D eigenvalue weighted by Crippen LogP contribution is 2.29. The van der Waals surface area contributed by atoms with Crippen LogP contribution in [0.1, 0.15) is 24.8 Å². The molecule has 27 heavy (non-hydrogen) atoms. The molecule has 2 aromatic rings. The van der Waals surface area contributed by atoms with Crippen LogP contribution in [0.3, 0.4) is 0 Å². The summed E-state index contributed by atoms with van der Waals surface area (Å²) in [6, 6.07) is 13.9. The number of rotatable bonds is 4. The Morgan fingerprint density at radius 3 is 2.41 bits per heavy atom. The summed E-state index contributed by atoms with van der Waals surface area (Å²) in [5.41, 5.74) is 1.57. The highest BCUT2D eigenvalue weighted by molar-refractivity contribution is 7.89. The van der Waals surface area contributed by atoms with Crippen LogP contribution in [-0.4, -0.2) is 37.8 Å². The molecule has 2 aliphatic rings. The van der Waals surface area contributed by atoms with E-state index in [0.29, 0.717) is 25.2 Å². The highest BCUT2D eigenvalue weighted by atomic mass is 32.2. The molecular weight excluding hydrogens is 364 g/mol. The topological polar surface area (TPSA) is 75.7 Å². The molecule has 0 spiro atoms. The van der Waals surface area contributed by atoms with Gasteiger partial charge in [-0.2, -0.15) is 4.31 Å². The summed E-state index contributed by atoms with van der Waals surface area (Å²) in [7, 11) is -3.46. The first-order valence-corrected chi connectivity index (χ1v) is 10.6. The van der Waals surface area contributed by atoms with Crippen LogP contribution in [0.4, 0.5) is 5.69 Å². The number of ether oxygens (including phenoxy) is 1. The van der Waals surface area contributed by atoms with Gasteiger partial charge in [-0.25, -0.2) is 8.42 Å². The normalized spacial score (nSPS) is 19.9. The molecule has 7 heteroatoms. The molecule has 1 fully saturated rings. The van der Waals surface area contributed by atoms with Crippen molar-refractivity contribution in [2.45, 2.75) is 36.7 Å². The Bertz CT molecular complexity index is 910. The standard InChI is InChI=1S/C20H22N2O4S/c23-20(19-14-15-6-2-3-7-18(15)26-19)21-16-8-10-17(11-9-16)27(24,25)22-12-4-1-5-13-22/h2-3,6-11,19H,1,4-5,12-14H2,(H,21,23). The van der Waals surface area contributed by atoms with Gasteiger partial charge in [0.05, 0.1) is 4.90 Å². The van der Waals surface area contributed by atoms with Crippen LogP contribution in [0.2, 0.25) is 0 Å². The number of nitrogens with one attached hydrogen (secondary N) is 1. The van der Waals surface area contributed by atoms with Gasteiger partial charge in [-0.1, -0.05) is 24.6 Å². The number of carbonyl (C=O) groups is 1. The summed E-state index contributed by atoms with van der Waals surface area (Å²) < 4.78 is 32.6. The smallest absolute Gasteiger partial charge is 0.265 e. The zero-order chi connectivity index (χ0) is 18.9. The Hall–Kier alpha value is -2.38. The fourth-order valence-corrected chi connectivity index (χ4v) is 5.03. The van der Waals surface area contributed by atoms with E-state index in [1.807, 2.05) is 24.3 Å². The predicted molar refractivity (Wildman–Crippen MR) is 102 cm³/mol. The lowest BCUT2D eigenvalue weighted by atomic mass is 10.1. The van der Waals surface area contributed by atoms with Crippen LogP contribution in [0, 0.1) is 0 Å². The van der Waals surface area contributed by atoms with Crippen molar-refractivity contribution in [3.63, 3.8) is 0 Å². The Balaban J connectivity index is 1.42. The van der Waals surface area contributed by atoms with Crippen LogP contribution >= 0.6 is 0 Å². The molecule has 0 saturated carbocycles. The first-order valence-electron chi connectivity index (χ1n) is 9.20. The average molecular weight is 386 g/mol. The van der Waals surface area contributed by atoms with Crippen molar-refractivity contribution in [2.24, 2.45) is 0 Å². The van der Waals surface area contributed by atoms with Crippen molar-refractivity contribution in [3.05, 3.63) is 54.1 Å². The fourth-order valence-electron chi connectivity index (χ4n) is 3.52. The van der Waals surface area contributed by atoms with Crippen LogP contribution in [0.15, 0.2) is 53.4 Å². The molecule has 0 aliphatic carbocycles. The molecule has 2 aliphatic heterocycles. The Labute approximate surface area is 159 Å². The largest absolute Gasteiger partial charge is 0.480 e. The number of hydrogen-bond donors (Lipinski definition) is 1. The number of anilines is 1. The van der Waals surface area contributed by atoms with Crippen molar-refractivity contribution in [1.82, 2.24) is 4.31 Å². The molecule has 1 amide bonds. The van der Waals surface area contributed by atoms with Gasteiger partial charge in [0.2, 0.25) is 10.0 Å². The number of carbonyl (C=O) groups excluding carboxylic acids is 1. The van der Waals surface area contributed by atoms with E-state index >= 15 is 0 Å². The number of amides is 1. The summed E-state index contributed by atoms with van der Waals surface area (Å²) in [5, 5.41) is 2.80. The second-order valence-corrected chi connectivity index (χ2v) is 8.83. The third-order valence-corrected chi connectivity index (χ3v) is 6.93. The molecule has 1 atom stereocenters. The summed E-state index contributed by atoms with van der Waals surface area (Å²) >= 11 is 0. The van der Waals surface area contributed by atoms with E-state index in [9.17, 15) is 13.2 Å². The number of para-hydroxylation sites is 1. The van der Waals surface area contributed by atoms with E-state index in [-0.39, 0.29) is 10.8 Å². The van der Waals surface area contributed by atoms with E-state index in [1.165, 1.54) is 4.31 Å². The number of piperidine rings is 1. The SMILES string of the molecule is O=C(Nc1ccc(S(=O)(=O)N2CCCCC2)cc1)C1Cc2ccccc2O1. The fraction of sp³-hybridized carbons (Fsp3) is 0.350. The Morgan fingerprint density at radius 2 is 1.70 bits per heavy atom. The molecule has 1 saturated heterocycles. The molecule has 4 rings (SSSR count). The van der Waals surface area contributed by atoms with E-state index in [1.54, 1.807) is 24.3 Å². The summed E-state index contributed by atoms with van der Waals surface area (Å²) in [5.74, 6) is 0.499. The lowest BCUT2D eigenvalue weighted by Gasteiger charge is -2.25. The van der Waals surface area contributed by atoms with Gasteiger partial charge < -0.3 is 10.1 Å². The van der Waals surface area contributed by atoms with E-state index in [2.05, 4.69) is 5.32 Å². The lowest BCUT2D eigenvalue weighted by Crippen LogP contribution is -2.35. The average Bonchev–Trinajstić information content (AvgIpc) is 3.13. The third kappa shape index (κ3) is 3.70. The number of sulfonamides is 1. The van der Waals surface area contributed by atoms with Gasteiger partial charge >= 0.3 is 0 Å². The maximum Gasteiger partial charge on any atom is 0.265 e. The summed E-state index contributed by atoms with van der Waals surface area (Å²) in [6.45, 7) is 1.14. The molecule has 0 aromatic heterocycles. The van der Waals surface area contributed by atoms with Crippen LogP contribution in [-0.2, 0) is 21.2 Å². The number of hydrogen-bond acceptors (Lipinski definition) is 4. The molecule has 0 bridgehead atoms. The Morgan fingerprint density at radius 1 is 1.00 bits per heavy atom. The van der Waals surface area contributed by atoms with E-state index in [0.717, 1.165) is 30.6 Å². The van der Waals surface area contributed by atoms with Crippen molar-refractivity contribution in [3.8, 4) is 5.75 Å². The molecule has 1 unspecified atom stereocenters. The molecule has 0 radical (unpaired) electrons. The first kappa shape index (κ1) is 18.0. The van der Waals surface area contributed by atoms with Crippen molar-refractivity contribution in [1.29, 1.82) is 0 Å². The van der Waals surface area contributed by atoms with Gasteiger partial charge in [0.1, 0.15) is 5.75 Å². The van der Waals surface area contributed by atoms with Gasteiger partial charge in [-0.05, 0) is 48.7 Å².